The molecule has 104 valence electrons. The molecule has 20 heavy (non-hydrogen) atoms. The van der Waals surface area contributed by atoms with Crippen molar-refractivity contribution in [1.29, 1.82) is 0 Å². The van der Waals surface area contributed by atoms with Gasteiger partial charge in [0.25, 0.3) is 5.91 Å². The fraction of sp³-hybridized carbons (Fsp3) is 0.143. The van der Waals surface area contributed by atoms with Gasteiger partial charge in [0.1, 0.15) is 11.5 Å². The third kappa shape index (κ3) is 3.23. The Morgan fingerprint density at radius 1 is 1.40 bits per heavy atom. The van der Waals surface area contributed by atoms with E-state index >= 15 is 0 Å². The second kappa shape index (κ2) is 6.01. The van der Waals surface area contributed by atoms with E-state index in [-0.39, 0.29) is 29.2 Å². The SMILES string of the molecule is COc1c[nH]c(C(=O)NCc2cccc(F)c2)cc1=O. The fourth-order valence-electron chi connectivity index (χ4n) is 1.67. The van der Waals surface area contributed by atoms with Gasteiger partial charge in [-0.05, 0) is 17.7 Å². The van der Waals surface area contributed by atoms with Crippen LogP contribution < -0.4 is 15.5 Å². The quantitative estimate of drug-likeness (QED) is 0.888. The van der Waals surface area contributed by atoms with Crippen molar-refractivity contribution in [2.24, 2.45) is 0 Å². The summed E-state index contributed by atoms with van der Waals surface area (Å²) in [7, 11) is 1.37. The summed E-state index contributed by atoms with van der Waals surface area (Å²) in [5.41, 5.74) is 0.364. The lowest BCUT2D eigenvalue weighted by molar-refractivity contribution is 0.0945. The second-order valence-electron chi connectivity index (χ2n) is 4.09. The molecule has 1 heterocycles. The van der Waals surface area contributed by atoms with Crippen LogP contribution in [0.5, 0.6) is 5.75 Å². The zero-order chi connectivity index (χ0) is 14.5. The van der Waals surface area contributed by atoms with Crippen LogP contribution in [-0.4, -0.2) is 18.0 Å². The molecule has 0 fully saturated rings. The van der Waals surface area contributed by atoms with E-state index in [9.17, 15) is 14.0 Å². The van der Waals surface area contributed by atoms with Crippen molar-refractivity contribution >= 4 is 5.91 Å². The third-order valence-electron chi connectivity index (χ3n) is 2.68. The fourth-order valence-corrected chi connectivity index (χ4v) is 1.67. The monoisotopic (exact) mass is 276 g/mol. The highest BCUT2D eigenvalue weighted by molar-refractivity contribution is 5.92. The van der Waals surface area contributed by atoms with Gasteiger partial charge in [0, 0.05) is 18.8 Å². The number of methoxy groups -OCH3 is 1. The van der Waals surface area contributed by atoms with E-state index in [0.717, 1.165) is 6.07 Å². The molecule has 0 atom stereocenters. The predicted molar refractivity (Wildman–Crippen MR) is 71.2 cm³/mol. The first-order valence-electron chi connectivity index (χ1n) is 5.89. The second-order valence-corrected chi connectivity index (χ2v) is 4.09. The number of halogens is 1. The van der Waals surface area contributed by atoms with E-state index in [1.54, 1.807) is 12.1 Å². The predicted octanol–water partition coefficient (Wildman–Crippen LogP) is 1.45. The molecule has 0 unspecified atom stereocenters. The van der Waals surface area contributed by atoms with E-state index in [1.165, 1.54) is 25.4 Å². The first kappa shape index (κ1) is 13.8. The standard InChI is InChI=1S/C14H13FN2O3/c1-20-13-8-16-11(6-12(13)18)14(19)17-7-9-3-2-4-10(15)5-9/h2-6,8H,7H2,1H3,(H,16,18)(H,17,19). The van der Waals surface area contributed by atoms with Crippen molar-refractivity contribution in [3.05, 3.63) is 63.8 Å². The Hall–Kier alpha value is -2.63. The van der Waals surface area contributed by atoms with Gasteiger partial charge in [0.05, 0.1) is 7.11 Å². The molecular formula is C14H13FN2O3. The number of hydrogen-bond donors (Lipinski definition) is 2. The van der Waals surface area contributed by atoms with Crippen LogP contribution in [0.2, 0.25) is 0 Å². The van der Waals surface area contributed by atoms with E-state index in [1.807, 2.05) is 0 Å². The normalized spacial score (nSPS) is 10.1. The number of carbonyl (C=O) groups excluding carboxylic acids is 1. The molecule has 1 aromatic heterocycles. The Bertz CT molecular complexity index is 682. The van der Waals surface area contributed by atoms with Crippen LogP contribution in [0.1, 0.15) is 16.1 Å². The van der Waals surface area contributed by atoms with Crippen molar-refractivity contribution in [2.75, 3.05) is 7.11 Å². The Labute approximate surface area is 114 Å². The average molecular weight is 276 g/mol. The summed E-state index contributed by atoms with van der Waals surface area (Å²) < 4.78 is 17.8. The zero-order valence-electron chi connectivity index (χ0n) is 10.8. The van der Waals surface area contributed by atoms with Gasteiger partial charge in [0.15, 0.2) is 5.75 Å². The summed E-state index contributed by atoms with van der Waals surface area (Å²) in [6, 6.07) is 7.06. The van der Waals surface area contributed by atoms with Crippen molar-refractivity contribution in [3.63, 3.8) is 0 Å². The Morgan fingerprint density at radius 3 is 2.85 bits per heavy atom. The molecule has 0 saturated carbocycles. The molecule has 6 heteroatoms. The number of hydrogen-bond acceptors (Lipinski definition) is 3. The molecule has 1 amide bonds. The van der Waals surface area contributed by atoms with Gasteiger partial charge in [-0.15, -0.1) is 0 Å². The van der Waals surface area contributed by atoms with Crippen LogP contribution >= 0.6 is 0 Å². The minimum atomic E-state index is -0.450. The zero-order valence-corrected chi connectivity index (χ0v) is 10.8. The summed E-state index contributed by atoms with van der Waals surface area (Å²) in [5.74, 6) is -0.685. The number of carbonyl (C=O) groups is 1. The van der Waals surface area contributed by atoms with Crippen LogP contribution in [0.25, 0.3) is 0 Å². The van der Waals surface area contributed by atoms with Crippen molar-refractivity contribution in [2.45, 2.75) is 6.54 Å². The van der Waals surface area contributed by atoms with Crippen LogP contribution in [0.15, 0.2) is 41.3 Å². The van der Waals surface area contributed by atoms with E-state index < -0.39 is 5.91 Å². The number of aromatic amines is 1. The molecule has 1 aromatic carbocycles. The summed E-state index contributed by atoms with van der Waals surface area (Å²) in [5, 5.41) is 2.59. The van der Waals surface area contributed by atoms with Crippen LogP contribution in [0, 0.1) is 5.82 Å². The molecule has 2 rings (SSSR count). The summed E-state index contributed by atoms with van der Waals surface area (Å²) in [6.07, 6.45) is 1.32. The molecule has 0 aliphatic carbocycles. The lowest BCUT2D eigenvalue weighted by atomic mass is 10.2. The molecule has 0 aliphatic rings. The lowest BCUT2D eigenvalue weighted by Crippen LogP contribution is -2.25. The largest absolute Gasteiger partial charge is 0.491 e. The average Bonchev–Trinajstić information content (AvgIpc) is 2.44. The molecule has 5 nitrogen and oxygen atoms in total. The molecule has 0 radical (unpaired) electrons. The van der Waals surface area contributed by atoms with Crippen LogP contribution in [0.3, 0.4) is 0 Å². The van der Waals surface area contributed by atoms with Gasteiger partial charge >= 0.3 is 0 Å². The summed E-state index contributed by atoms with van der Waals surface area (Å²) >= 11 is 0. The maximum absolute atomic E-state index is 13.0. The molecule has 0 saturated heterocycles. The summed E-state index contributed by atoms with van der Waals surface area (Å²) in [6.45, 7) is 0.171. The molecular weight excluding hydrogens is 263 g/mol. The van der Waals surface area contributed by atoms with Gasteiger partial charge < -0.3 is 15.0 Å². The highest BCUT2D eigenvalue weighted by Crippen LogP contribution is 2.04. The number of H-pyrrole nitrogens is 1. The topological polar surface area (TPSA) is 71.2 Å². The molecule has 2 aromatic rings. The van der Waals surface area contributed by atoms with E-state index in [2.05, 4.69) is 10.3 Å². The number of benzene rings is 1. The van der Waals surface area contributed by atoms with Crippen LogP contribution in [-0.2, 0) is 6.54 Å². The minimum Gasteiger partial charge on any atom is -0.491 e. The molecule has 0 aliphatic heterocycles. The van der Waals surface area contributed by atoms with Gasteiger partial charge in [0.2, 0.25) is 5.43 Å². The lowest BCUT2D eigenvalue weighted by Gasteiger charge is -2.06. The number of amides is 1. The van der Waals surface area contributed by atoms with Gasteiger partial charge in [-0.25, -0.2) is 4.39 Å². The van der Waals surface area contributed by atoms with Gasteiger partial charge in [-0.3, -0.25) is 9.59 Å². The van der Waals surface area contributed by atoms with Gasteiger partial charge in [-0.1, -0.05) is 12.1 Å². The highest BCUT2D eigenvalue weighted by atomic mass is 19.1. The number of aromatic nitrogens is 1. The number of ether oxygens (including phenoxy) is 1. The van der Waals surface area contributed by atoms with E-state index in [4.69, 9.17) is 4.74 Å². The van der Waals surface area contributed by atoms with Crippen molar-refractivity contribution < 1.29 is 13.9 Å². The number of rotatable bonds is 4. The molecule has 0 bridgehead atoms. The smallest absolute Gasteiger partial charge is 0.268 e. The Kier molecular flexibility index (Phi) is 4.14. The minimum absolute atomic E-state index is 0.118. The first-order valence-corrected chi connectivity index (χ1v) is 5.89. The third-order valence-corrected chi connectivity index (χ3v) is 2.68. The maximum atomic E-state index is 13.0. The number of pyridine rings is 1. The summed E-state index contributed by atoms with van der Waals surface area (Å²) in [4.78, 5) is 26.0. The molecule has 0 spiro atoms. The van der Waals surface area contributed by atoms with E-state index in [0.29, 0.717) is 5.56 Å². The van der Waals surface area contributed by atoms with Crippen molar-refractivity contribution in [3.8, 4) is 5.75 Å². The Balaban J connectivity index is 2.05. The highest BCUT2D eigenvalue weighted by Gasteiger charge is 2.09. The maximum Gasteiger partial charge on any atom is 0.268 e. The van der Waals surface area contributed by atoms with Crippen molar-refractivity contribution in [1.82, 2.24) is 10.3 Å². The van der Waals surface area contributed by atoms with Gasteiger partial charge in [-0.2, -0.15) is 0 Å². The molecule has 2 N–H and O–H groups in total. The Morgan fingerprint density at radius 2 is 2.20 bits per heavy atom. The number of nitrogens with one attached hydrogen (secondary N) is 2. The first-order chi connectivity index (χ1) is 9.60. The van der Waals surface area contributed by atoms with Crippen LogP contribution in [0.4, 0.5) is 4.39 Å².